The number of hydrogen-bond acceptors (Lipinski definition) is 8. The first-order chi connectivity index (χ1) is 20.8. The summed E-state index contributed by atoms with van der Waals surface area (Å²) in [6.45, 7) is 16.4. The summed E-state index contributed by atoms with van der Waals surface area (Å²) in [6.07, 6.45) is 15.1. The van der Waals surface area contributed by atoms with E-state index in [0.29, 0.717) is 29.7 Å². The molecule has 47 heavy (non-hydrogen) atoms. The molecule has 0 amide bonds. The van der Waals surface area contributed by atoms with E-state index in [4.69, 9.17) is 10.8 Å². The van der Waals surface area contributed by atoms with Gasteiger partial charge in [-0.25, -0.2) is 16.8 Å². The Kier molecular flexibility index (Phi) is 13.6. The van der Waals surface area contributed by atoms with E-state index in [0.717, 1.165) is 57.4 Å². The normalized spacial score (nSPS) is 33.6. The number of benzene rings is 1. The maximum atomic E-state index is 11.7. The van der Waals surface area contributed by atoms with Crippen LogP contribution in [0.5, 0.6) is 11.5 Å². The van der Waals surface area contributed by atoms with Gasteiger partial charge < -0.3 is 17.5 Å². The first-order valence-corrected chi connectivity index (χ1v) is 19.3. The van der Waals surface area contributed by atoms with E-state index in [1.54, 1.807) is 5.57 Å². The third-order valence-corrected chi connectivity index (χ3v) is 13.4. The summed E-state index contributed by atoms with van der Waals surface area (Å²) in [4.78, 5) is 0. The molecule has 12 heteroatoms. The van der Waals surface area contributed by atoms with Crippen LogP contribution in [0.3, 0.4) is 0 Å². The van der Waals surface area contributed by atoms with Gasteiger partial charge in [0.1, 0.15) is 11.5 Å². The van der Waals surface area contributed by atoms with Crippen molar-refractivity contribution in [1.29, 1.82) is 0 Å². The van der Waals surface area contributed by atoms with Crippen LogP contribution in [-0.4, -0.2) is 25.9 Å². The molecule has 3 fully saturated rings. The predicted molar refractivity (Wildman–Crippen MR) is 172 cm³/mol. The number of allylic oxidation sites excluding steroid dienone is 3. The van der Waals surface area contributed by atoms with Crippen molar-refractivity contribution in [1.82, 2.24) is 0 Å². The van der Waals surface area contributed by atoms with Crippen molar-refractivity contribution in [2.24, 2.45) is 45.8 Å². The molecule has 0 heterocycles. The monoisotopic (exact) mass is 708 g/mol. The van der Waals surface area contributed by atoms with Crippen LogP contribution < -0.4 is 67.5 Å². The molecule has 3 saturated carbocycles. The molecule has 8 nitrogen and oxygen atoms in total. The number of hydrogen-bond donors (Lipinski definition) is 0. The van der Waals surface area contributed by atoms with Crippen LogP contribution in [0.2, 0.25) is 0 Å². The van der Waals surface area contributed by atoms with Crippen molar-refractivity contribution in [3.63, 3.8) is 0 Å². The van der Waals surface area contributed by atoms with Crippen LogP contribution in [0, 0.1) is 45.8 Å². The van der Waals surface area contributed by atoms with Crippen LogP contribution in [0.1, 0.15) is 111 Å². The zero-order chi connectivity index (χ0) is 33.0. The van der Waals surface area contributed by atoms with Crippen molar-refractivity contribution in [3.8, 4) is 11.5 Å². The minimum absolute atomic E-state index is 0. The van der Waals surface area contributed by atoms with E-state index in [9.17, 15) is 25.9 Å². The Balaban J connectivity index is 0.00000300. The molecule has 0 saturated heterocycles. The van der Waals surface area contributed by atoms with Gasteiger partial charge in [-0.1, -0.05) is 64.8 Å². The molecule has 1 unspecified atom stereocenters. The summed E-state index contributed by atoms with van der Waals surface area (Å²) in [7, 11) is -10.2. The van der Waals surface area contributed by atoms with Gasteiger partial charge in [0.25, 0.3) is 20.8 Å². The topological polar surface area (TPSA) is 133 Å². The fourth-order valence-electron chi connectivity index (χ4n) is 10.2. The van der Waals surface area contributed by atoms with Gasteiger partial charge in [0.15, 0.2) is 0 Å². The van der Waals surface area contributed by atoms with Gasteiger partial charge in [0.2, 0.25) is 0 Å². The van der Waals surface area contributed by atoms with Crippen LogP contribution >= 0.6 is 0 Å². The Bertz CT molecular complexity index is 1560. The molecule has 7 atom stereocenters. The van der Waals surface area contributed by atoms with Gasteiger partial charge in [-0.15, -0.1) is 0 Å². The summed E-state index contributed by atoms with van der Waals surface area (Å²) in [5, 5.41) is 0. The van der Waals surface area contributed by atoms with Crippen LogP contribution in [0.15, 0.2) is 42.0 Å². The molecule has 0 aromatic heterocycles. The second-order valence-electron chi connectivity index (χ2n) is 15.5. The molecule has 0 spiro atoms. The predicted octanol–water partition coefficient (Wildman–Crippen LogP) is 1.88. The Morgan fingerprint density at radius 2 is 1.62 bits per heavy atom. The summed E-state index contributed by atoms with van der Waals surface area (Å²) >= 11 is 0. The molecule has 252 valence electrons. The van der Waals surface area contributed by atoms with Crippen LogP contribution in [-0.2, 0) is 27.2 Å². The van der Waals surface area contributed by atoms with Gasteiger partial charge in [-0.2, -0.15) is 0 Å². The fraction of sp³-hybridized carbons (Fsp3) is 0.714. The molecular formula is C35H50Na2O8S2. The Morgan fingerprint density at radius 3 is 2.28 bits per heavy atom. The van der Waals surface area contributed by atoms with Crippen LogP contribution in [0.25, 0.3) is 0 Å². The van der Waals surface area contributed by atoms with Crippen molar-refractivity contribution < 1.29 is 93.4 Å². The zero-order valence-electron chi connectivity index (χ0n) is 29.5. The second kappa shape index (κ2) is 15.4. The number of rotatable bonds is 9. The van der Waals surface area contributed by atoms with Crippen molar-refractivity contribution in [2.75, 3.05) is 0 Å². The van der Waals surface area contributed by atoms with Gasteiger partial charge in [-0.3, -0.25) is 0 Å². The Hall–Kier alpha value is 0.120. The fourth-order valence-corrected chi connectivity index (χ4v) is 10.9. The maximum Gasteiger partial charge on any atom is 1.00 e. The maximum absolute atomic E-state index is 11.7. The summed E-state index contributed by atoms with van der Waals surface area (Å²) in [6, 6.07) is 3.64. The quantitative estimate of drug-likeness (QED) is 0.165. The van der Waals surface area contributed by atoms with E-state index in [-0.39, 0.29) is 98.7 Å². The summed E-state index contributed by atoms with van der Waals surface area (Å²) in [5.41, 5.74) is 3.15. The van der Waals surface area contributed by atoms with E-state index in [2.05, 4.69) is 44.9 Å². The molecular weight excluding hydrogens is 658 g/mol. The first-order valence-electron chi connectivity index (χ1n) is 16.7. The van der Waals surface area contributed by atoms with Gasteiger partial charge in [-0.05, 0) is 135 Å². The molecule has 0 N–H and O–H groups in total. The van der Waals surface area contributed by atoms with E-state index in [1.165, 1.54) is 37.0 Å². The Morgan fingerprint density at radius 1 is 0.936 bits per heavy atom. The van der Waals surface area contributed by atoms with E-state index < -0.39 is 20.8 Å². The second-order valence-corrected chi connectivity index (χ2v) is 17.5. The van der Waals surface area contributed by atoms with Gasteiger partial charge in [0, 0.05) is 5.56 Å². The number of fused-ring (bicyclic) bond motifs is 2. The average molecular weight is 709 g/mol. The summed E-state index contributed by atoms with van der Waals surface area (Å²) in [5.74, 6) is 1.96. The minimum Gasteiger partial charge on any atom is -0.716 e. The van der Waals surface area contributed by atoms with Gasteiger partial charge in [0.05, 0.1) is 0 Å². The molecule has 4 aliphatic carbocycles. The summed E-state index contributed by atoms with van der Waals surface area (Å²) < 4.78 is 78.6. The van der Waals surface area contributed by atoms with E-state index in [1.807, 2.05) is 0 Å². The molecule has 4 aliphatic rings. The molecule has 0 radical (unpaired) electrons. The largest absolute Gasteiger partial charge is 1.00 e. The van der Waals surface area contributed by atoms with Crippen LogP contribution in [0.4, 0.5) is 0 Å². The van der Waals surface area contributed by atoms with Gasteiger partial charge >= 0.3 is 59.1 Å². The first kappa shape index (κ1) is 41.5. The van der Waals surface area contributed by atoms with Crippen molar-refractivity contribution >= 4 is 20.8 Å². The third-order valence-electron chi connectivity index (χ3n) is 12.7. The smallest absolute Gasteiger partial charge is 0.716 e. The SMILES string of the molecule is C=C1CCC[C@H]2C1(CC[C@H]1[C@H](C)CC=C3[C@@H]1CCCC3(C)C)CC[C@H](C)[C@]2(C)Cc1cc(OS(=O)(=O)[O-])ccc1OS(=O)(=O)[O-].[Na+].[Na+]. The van der Waals surface area contributed by atoms with Crippen molar-refractivity contribution in [3.05, 3.63) is 47.6 Å². The third kappa shape index (κ3) is 8.96. The standard InChI is InChI=1S/C35H52O8S2.2Na/c1-23-12-14-30-29(10-8-18-33(30,4)5)28(23)17-20-35-19-16-24(2)34(6,32(35)11-7-9-25(35)3)22-26-21-27(42-44(36,37)38)13-15-31(26)43-45(39,40)41;;/h13-15,21,23-24,28-29,32H,3,7-12,16-20,22H2,1-2,4-6H3,(H,36,37,38)(H,39,40,41);;/q;2*+1/p-2/t23-,24+,28+,29-,32-,34+,35?;;/m1../s1. The zero-order valence-corrected chi connectivity index (χ0v) is 35.1. The Labute approximate surface area is 327 Å². The molecule has 0 aliphatic heterocycles. The minimum atomic E-state index is -5.10. The average Bonchev–Trinajstić information content (AvgIpc) is 2.91. The van der Waals surface area contributed by atoms with E-state index >= 15 is 0 Å². The molecule has 0 bridgehead atoms. The molecule has 5 rings (SSSR count). The van der Waals surface area contributed by atoms with Crippen molar-refractivity contribution in [2.45, 2.75) is 112 Å². The molecule has 1 aromatic carbocycles. The molecule has 1 aromatic rings.